The van der Waals surface area contributed by atoms with E-state index >= 15 is 0 Å². The lowest BCUT2D eigenvalue weighted by molar-refractivity contribution is 0.452. The van der Waals surface area contributed by atoms with Crippen LogP contribution in [0.3, 0.4) is 0 Å². The van der Waals surface area contributed by atoms with E-state index in [2.05, 4.69) is 25.1 Å². The minimum absolute atomic E-state index is 0.244. The van der Waals surface area contributed by atoms with E-state index in [9.17, 15) is 8.42 Å². The Labute approximate surface area is 195 Å². The first-order chi connectivity index (χ1) is 15.8. The summed E-state index contributed by atoms with van der Waals surface area (Å²) >= 11 is 1.17. The van der Waals surface area contributed by atoms with Gasteiger partial charge in [-0.2, -0.15) is 14.7 Å². The third kappa shape index (κ3) is 3.76. The number of rotatable bonds is 7. The van der Waals surface area contributed by atoms with Crippen LogP contribution in [0.2, 0.25) is 0 Å². The van der Waals surface area contributed by atoms with Crippen LogP contribution in [0, 0.1) is 6.92 Å². The molecule has 0 spiro atoms. The van der Waals surface area contributed by atoms with Crippen molar-refractivity contribution in [3.8, 4) is 11.1 Å². The summed E-state index contributed by atoms with van der Waals surface area (Å²) in [6, 6.07) is 3.99. The molecule has 174 valence electrons. The highest BCUT2D eigenvalue weighted by atomic mass is 32.2. The van der Waals surface area contributed by atoms with Gasteiger partial charge in [-0.3, -0.25) is 4.68 Å². The van der Waals surface area contributed by atoms with Gasteiger partial charge in [0.1, 0.15) is 15.8 Å². The molecule has 0 amide bonds. The number of fused-ring (bicyclic) bond motifs is 1. The Morgan fingerprint density at radius 3 is 2.73 bits per heavy atom. The lowest BCUT2D eigenvalue weighted by atomic mass is 10.0. The molecule has 13 heteroatoms. The van der Waals surface area contributed by atoms with Crippen LogP contribution in [0.25, 0.3) is 16.8 Å². The second kappa shape index (κ2) is 8.09. The van der Waals surface area contributed by atoms with E-state index in [1.807, 2.05) is 25.4 Å². The second-order valence-corrected chi connectivity index (χ2v) is 11.1. The first-order valence-electron chi connectivity index (χ1n) is 10.5. The van der Waals surface area contributed by atoms with Crippen molar-refractivity contribution in [3.05, 3.63) is 36.3 Å². The van der Waals surface area contributed by atoms with Gasteiger partial charge in [0.25, 0.3) is 0 Å². The van der Waals surface area contributed by atoms with Gasteiger partial charge in [-0.15, -0.1) is 11.3 Å². The lowest BCUT2D eigenvalue weighted by Crippen LogP contribution is -2.52. The fourth-order valence-electron chi connectivity index (χ4n) is 3.95. The molecule has 4 aromatic heterocycles. The summed E-state index contributed by atoms with van der Waals surface area (Å²) in [6.07, 6.45) is 6.49. The molecule has 4 aromatic rings. The molecular weight excluding hydrogens is 462 g/mol. The predicted molar refractivity (Wildman–Crippen MR) is 129 cm³/mol. The zero-order chi connectivity index (χ0) is 23.3. The Morgan fingerprint density at radius 2 is 2.09 bits per heavy atom. The summed E-state index contributed by atoms with van der Waals surface area (Å²) < 4.78 is 30.8. The highest BCUT2D eigenvalue weighted by molar-refractivity contribution is 7.91. The van der Waals surface area contributed by atoms with Gasteiger partial charge >= 0.3 is 0 Å². The predicted octanol–water partition coefficient (Wildman–Crippen LogP) is 1.69. The highest BCUT2D eigenvalue weighted by Gasteiger charge is 2.29. The van der Waals surface area contributed by atoms with Gasteiger partial charge in [-0.05, 0) is 32.0 Å². The van der Waals surface area contributed by atoms with E-state index in [0.29, 0.717) is 28.6 Å². The van der Waals surface area contributed by atoms with E-state index in [-0.39, 0.29) is 10.3 Å². The van der Waals surface area contributed by atoms with Gasteiger partial charge in [-0.25, -0.2) is 18.1 Å². The topological polar surface area (TPSA) is 135 Å². The van der Waals surface area contributed by atoms with Crippen LogP contribution in [0.1, 0.15) is 12.0 Å². The molecule has 1 aliphatic heterocycles. The van der Waals surface area contributed by atoms with Crippen molar-refractivity contribution in [2.45, 2.75) is 23.6 Å². The SMILES string of the molecule is CNS(=O)(=O)c1sc(Nc2cc(N3CCC3CN)nc3c(-c4cnn(C)c4)cnn23)cc1C. The highest BCUT2D eigenvalue weighted by Crippen LogP contribution is 2.35. The molecule has 11 nitrogen and oxygen atoms in total. The molecule has 1 aliphatic rings. The fraction of sp³-hybridized carbons (Fsp3) is 0.350. The molecule has 5 rings (SSSR count). The van der Waals surface area contributed by atoms with Gasteiger partial charge in [0.2, 0.25) is 10.0 Å². The smallest absolute Gasteiger partial charge is 0.250 e. The average Bonchev–Trinajstić information content (AvgIpc) is 3.46. The lowest BCUT2D eigenvalue weighted by Gasteiger charge is -2.41. The Balaban J connectivity index is 1.62. The Morgan fingerprint density at radius 1 is 1.27 bits per heavy atom. The molecule has 0 aromatic carbocycles. The summed E-state index contributed by atoms with van der Waals surface area (Å²) in [7, 11) is -0.266. The number of nitrogens with one attached hydrogen (secondary N) is 2. The van der Waals surface area contributed by atoms with E-state index in [4.69, 9.17) is 10.7 Å². The summed E-state index contributed by atoms with van der Waals surface area (Å²) in [5.74, 6) is 1.48. The third-order valence-electron chi connectivity index (χ3n) is 5.82. The molecular formula is C20H25N9O2S2. The van der Waals surface area contributed by atoms with Crippen molar-refractivity contribution >= 4 is 43.6 Å². The van der Waals surface area contributed by atoms with Crippen molar-refractivity contribution in [1.29, 1.82) is 0 Å². The second-order valence-electron chi connectivity index (χ2n) is 7.98. The number of hydrogen-bond acceptors (Lipinski definition) is 9. The number of thiophene rings is 1. The zero-order valence-corrected chi connectivity index (χ0v) is 20.1. The van der Waals surface area contributed by atoms with Gasteiger partial charge < -0.3 is 16.0 Å². The van der Waals surface area contributed by atoms with Crippen LogP contribution in [-0.4, -0.2) is 59.0 Å². The fourth-order valence-corrected chi connectivity index (χ4v) is 6.39. The maximum atomic E-state index is 12.3. The molecule has 4 N–H and O–H groups in total. The minimum Gasteiger partial charge on any atom is -0.352 e. The summed E-state index contributed by atoms with van der Waals surface area (Å²) in [5.41, 5.74) is 9.06. The molecule has 0 aliphatic carbocycles. The molecule has 1 unspecified atom stereocenters. The van der Waals surface area contributed by atoms with E-state index in [1.165, 1.54) is 18.4 Å². The van der Waals surface area contributed by atoms with Crippen LogP contribution in [-0.2, 0) is 17.1 Å². The van der Waals surface area contributed by atoms with E-state index in [1.54, 1.807) is 28.5 Å². The molecule has 1 atom stereocenters. The van der Waals surface area contributed by atoms with E-state index < -0.39 is 10.0 Å². The monoisotopic (exact) mass is 487 g/mol. The van der Waals surface area contributed by atoms with Crippen LogP contribution < -0.4 is 20.7 Å². The Kier molecular flexibility index (Phi) is 5.35. The molecule has 0 radical (unpaired) electrons. The Hall–Kier alpha value is -3.00. The normalized spacial score (nSPS) is 16.4. The van der Waals surface area contributed by atoms with Crippen LogP contribution in [0.15, 0.2) is 34.9 Å². The van der Waals surface area contributed by atoms with Crippen molar-refractivity contribution in [3.63, 3.8) is 0 Å². The molecule has 1 saturated heterocycles. The molecule has 0 saturated carbocycles. The summed E-state index contributed by atoms with van der Waals surface area (Å²) in [5, 5.41) is 12.9. The average molecular weight is 488 g/mol. The van der Waals surface area contributed by atoms with Crippen LogP contribution >= 0.6 is 11.3 Å². The van der Waals surface area contributed by atoms with Gasteiger partial charge in [0.05, 0.1) is 17.4 Å². The number of nitrogens with zero attached hydrogens (tertiary/aromatic N) is 6. The maximum absolute atomic E-state index is 12.3. The number of nitrogens with two attached hydrogens (primary N) is 1. The van der Waals surface area contributed by atoms with Crippen molar-refractivity contribution < 1.29 is 8.42 Å². The summed E-state index contributed by atoms with van der Waals surface area (Å²) in [6.45, 7) is 3.21. The first-order valence-corrected chi connectivity index (χ1v) is 12.8. The number of sulfonamides is 1. The molecule has 33 heavy (non-hydrogen) atoms. The number of aryl methyl sites for hydroxylation is 2. The standard InChI is InChI=1S/C20H25N9O2S2/c1-12-6-18(32-20(12)33(30,31)22-2)25-17-7-16(28-5-4-14(28)8-21)26-19-15(10-24-29(17)19)13-9-23-27(3)11-13/h6-7,9-11,14,22,25H,4-5,8,21H2,1-3H3. The van der Waals surface area contributed by atoms with E-state index in [0.717, 1.165) is 29.9 Å². The summed E-state index contributed by atoms with van der Waals surface area (Å²) in [4.78, 5) is 7.09. The van der Waals surface area contributed by atoms with Crippen molar-refractivity contribution in [2.24, 2.45) is 12.8 Å². The van der Waals surface area contributed by atoms with Crippen molar-refractivity contribution in [2.75, 3.05) is 30.4 Å². The first kappa shape index (κ1) is 21.8. The van der Waals surface area contributed by atoms with Gasteiger partial charge in [0, 0.05) is 49.6 Å². The Bertz CT molecular complexity index is 1440. The van der Waals surface area contributed by atoms with Crippen LogP contribution in [0.4, 0.5) is 16.6 Å². The zero-order valence-electron chi connectivity index (χ0n) is 18.5. The van der Waals surface area contributed by atoms with Crippen LogP contribution in [0.5, 0.6) is 0 Å². The number of anilines is 3. The maximum Gasteiger partial charge on any atom is 0.250 e. The number of hydrogen-bond donors (Lipinski definition) is 3. The molecule has 1 fully saturated rings. The molecule has 5 heterocycles. The largest absolute Gasteiger partial charge is 0.352 e. The third-order valence-corrected chi connectivity index (χ3v) is 9.02. The quantitative estimate of drug-likeness (QED) is 0.358. The molecule has 0 bridgehead atoms. The van der Waals surface area contributed by atoms with Gasteiger partial charge in [-0.1, -0.05) is 0 Å². The van der Waals surface area contributed by atoms with Gasteiger partial charge in [0.15, 0.2) is 5.65 Å². The van der Waals surface area contributed by atoms with Crippen molar-refractivity contribution in [1.82, 2.24) is 29.1 Å². The minimum atomic E-state index is -3.54. The number of aromatic nitrogens is 5.